The van der Waals surface area contributed by atoms with Gasteiger partial charge in [0.2, 0.25) is 0 Å². The summed E-state index contributed by atoms with van der Waals surface area (Å²) in [5.41, 5.74) is 5.31. The molecule has 0 saturated heterocycles. The Hall–Kier alpha value is -2.37. The van der Waals surface area contributed by atoms with Gasteiger partial charge in [-0.25, -0.2) is 9.78 Å². The van der Waals surface area contributed by atoms with Gasteiger partial charge in [-0.2, -0.15) is 0 Å². The highest BCUT2D eigenvalue weighted by Gasteiger charge is 2.18. The van der Waals surface area contributed by atoms with Crippen LogP contribution < -0.4 is 11.1 Å². The Balaban J connectivity index is 2.96. The monoisotopic (exact) mass is 235 g/mol. The van der Waals surface area contributed by atoms with E-state index in [2.05, 4.69) is 16.9 Å². The van der Waals surface area contributed by atoms with Crippen LogP contribution in [0.3, 0.4) is 0 Å². The molecular weight excluding hydrogens is 222 g/mol. The lowest BCUT2D eigenvalue weighted by atomic mass is 10.2. The fourth-order valence-corrected chi connectivity index (χ4v) is 1.27. The molecule has 0 aliphatic heterocycles. The molecule has 0 fully saturated rings. The maximum atomic E-state index is 11.1. The Morgan fingerprint density at radius 1 is 1.65 bits per heavy atom. The standard InChI is InChI=1S/C11H13N3O3/c1-2-4-8(11(16)17)14-10-7(9(12)15)5-3-6-13-10/h2-3,5-6,8H,1,4H2,(H2,12,15)(H,13,14)(H,16,17). The number of aliphatic carboxylic acids is 1. The van der Waals surface area contributed by atoms with Gasteiger partial charge < -0.3 is 16.2 Å². The largest absolute Gasteiger partial charge is 0.480 e. The highest BCUT2D eigenvalue weighted by atomic mass is 16.4. The van der Waals surface area contributed by atoms with Crippen molar-refractivity contribution in [2.75, 3.05) is 5.32 Å². The van der Waals surface area contributed by atoms with E-state index in [4.69, 9.17) is 10.8 Å². The number of nitrogens with zero attached hydrogens (tertiary/aromatic N) is 1. The highest BCUT2D eigenvalue weighted by Crippen LogP contribution is 2.13. The fourth-order valence-electron chi connectivity index (χ4n) is 1.27. The lowest BCUT2D eigenvalue weighted by molar-refractivity contribution is -0.137. The predicted molar refractivity (Wildman–Crippen MR) is 62.6 cm³/mol. The number of anilines is 1. The first-order chi connectivity index (χ1) is 8.06. The fraction of sp³-hybridized carbons (Fsp3) is 0.182. The molecule has 1 atom stereocenters. The number of rotatable bonds is 6. The summed E-state index contributed by atoms with van der Waals surface area (Å²) in [7, 11) is 0. The van der Waals surface area contributed by atoms with Crippen LogP contribution in [0.15, 0.2) is 31.0 Å². The summed E-state index contributed by atoms with van der Waals surface area (Å²) in [5, 5.41) is 11.6. The Morgan fingerprint density at radius 2 is 2.35 bits per heavy atom. The first-order valence-electron chi connectivity index (χ1n) is 4.91. The van der Waals surface area contributed by atoms with E-state index >= 15 is 0 Å². The van der Waals surface area contributed by atoms with Crippen molar-refractivity contribution >= 4 is 17.7 Å². The van der Waals surface area contributed by atoms with E-state index in [0.717, 1.165) is 0 Å². The number of carboxylic acid groups (broad SMARTS) is 1. The molecule has 17 heavy (non-hydrogen) atoms. The third-order valence-corrected chi connectivity index (χ3v) is 2.08. The molecule has 1 aromatic heterocycles. The number of amides is 1. The summed E-state index contributed by atoms with van der Waals surface area (Å²) < 4.78 is 0. The van der Waals surface area contributed by atoms with Gasteiger partial charge in [0.25, 0.3) is 5.91 Å². The van der Waals surface area contributed by atoms with Crippen LogP contribution in [0.1, 0.15) is 16.8 Å². The van der Waals surface area contributed by atoms with E-state index in [9.17, 15) is 9.59 Å². The van der Waals surface area contributed by atoms with Crippen molar-refractivity contribution in [1.29, 1.82) is 0 Å². The second-order valence-electron chi connectivity index (χ2n) is 3.32. The van der Waals surface area contributed by atoms with Crippen molar-refractivity contribution in [2.45, 2.75) is 12.5 Å². The molecule has 0 aliphatic carbocycles. The molecule has 4 N–H and O–H groups in total. The normalized spacial score (nSPS) is 11.5. The molecule has 0 aliphatic rings. The number of primary amides is 1. The number of aromatic nitrogens is 1. The van der Waals surface area contributed by atoms with Gasteiger partial charge in [0.1, 0.15) is 11.9 Å². The predicted octanol–water partition coefficient (Wildman–Crippen LogP) is 0.622. The van der Waals surface area contributed by atoms with Gasteiger partial charge in [0, 0.05) is 6.20 Å². The number of carbonyl (C=O) groups excluding carboxylic acids is 1. The van der Waals surface area contributed by atoms with Crippen molar-refractivity contribution in [3.63, 3.8) is 0 Å². The average Bonchev–Trinajstić information content (AvgIpc) is 2.28. The van der Waals surface area contributed by atoms with Crippen LogP contribution >= 0.6 is 0 Å². The smallest absolute Gasteiger partial charge is 0.326 e. The van der Waals surface area contributed by atoms with E-state index in [0.29, 0.717) is 0 Å². The highest BCUT2D eigenvalue weighted by molar-refractivity contribution is 5.98. The Morgan fingerprint density at radius 3 is 2.88 bits per heavy atom. The molecule has 90 valence electrons. The zero-order valence-electron chi connectivity index (χ0n) is 9.09. The SMILES string of the molecule is C=CCC(Nc1ncccc1C(N)=O)C(=O)O. The number of pyridine rings is 1. The topological polar surface area (TPSA) is 105 Å². The Kier molecular flexibility index (Phi) is 4.21. The lowest BCUT2D eigenvalue weighted by Gasteiger charge is -2.14. The third-order valence-electron chi connectivity index (χ3n) is 2.08. The zero-order valence-corrected chi connectivity index (χ0v) is 9.09. The van der Waals surface area contributed by atoms with Crippen LogP contribution in [-0.4, -0.2) is 28.0 Å². The number of hydrogen-bond acceptors (Lipinski definition) is 4. The third kappa shape index (κ3) is 3.30. The summed E-state index contributed by atoms with van der Waals surface area (Å²) in [6.45, 7) is 3.47. The summed E-state index contributed by atoms with van der Waals surface area (Å²) in [4.78, 5) is 25.9. The van der Waals surface area contributed by atoms with Crippen molar-refractivity contribution < 1.29 is 14.7 Å². The molecule has 6 nitrogen and oxygen atoms in total. The maximum absolute atomic E-state index is 11.1. The Bertz CT molecular complexity index is 445. The van der Waals surface area contributed by atoms with Gasteiger partial charge >= 0.3 is 5.97 Å². The van der Waals surface area contributed by atoms with Crippen molar-refractivity contribution in [2.24, 2.45) is 5.73 Å². The van der Waals surface area contributed by atoms with Crippen molar-refractivity contribution in [1.82, 2.24) is 4.98 Å². The molecule has 0 saturated carbocycles. The van der Waals surface area contributed by atoms with Gasteiger partial charge in [-0.15, -0.1) is 6.58 Å². The quantitative estimate of drug-likeness (QED) is 0.627. The van der Waals surface area contributed by atoms with E-state index < -0.39 is 17.9 Å². The maximum Gasteiger partial charge on any atom is 0.326 e. The number of carbonyl (C=O) groups is 2. The van der Waals surface area contributed by atoms with E-state index in [1.54, 1.807) is 6.07 Å². The van der Waals surface area contributed by atoms with Gasteiger partial charge in [0.05, 0.1) is 5.56 Å². The molecule has 0 spiro atoms. The van der Waals surface area contributed by atoms with Crippen LogP contribution in [0.25, 0.3) is 0 Å². The second-order valence-corrected chi connectivity index (χ2v) is 3.32. The van der Waals surface area contributed by atoms with E-state index in [1.807, 2.05) is 0 Å². The molecule has 1 unspecified atom stereocenters. The van der Waals surface area contributed by atoms with Gasteiger partial charge in [-0.05, 0) is 18.6 Å². The summed E-state index contributed by atoms with van der Waals surface area (Å²) in [5.74, 6) is -1.55. The molecule has 0 radical (unpaired) electrons. The number of carboxylic acids is 1. The van der Waals surface area contributed by atoms with Gasteiger partial charge in [-0.1, -0.05) is 6.08 Å². The van der Waals surface area contributed by atoms with Crippen LogP contribution in [0, 0.1) is 0 Å². The Labute approximate surface area is 98.2 Å². The first kappa shape index (κ1) is 12.7. The number of nitrogens with one attached hydrogen (secondary N) is 1. The molecular formula is C11H13N3O3. The van der Waals surface area contributed by atoms with Crippen LogP contribution in [0.2, 0.25) is 0 Å². The molecule has 6 heteroatoms. The van der Waals surface area contributed by atoms with Crippen molar-refractivity contribution in [3.05, 3.63) is 36.5 Å². The molecule has 0 bridgehead atoms. The minimum Gasteiger partial charge on any atom is -0.480 e. The first-order valence-corrected chi connectivity index (χ1v) is 4.91. The molecule has 0 aromatic carbocycles. The van der Waals surface area contributed by atoms with E-state index in [-0.39, 0.29) is 17.8 Å². The van der Waals surface area contributed by atoms with Crippen LogP contribution in [0.4, 0.5) is 5.82 Å². The minimum absolute atomic E-state index is 0.155. The second kappa shape index (κ2) is 5.64. The molecule has 1 heterocycles. The lowest BCUT2D eigenvalue weighted by Crippen LogP contribution is -2.30. The van der Waals surface area contributed by atoms with Gasteiger partial charge in [-0.3, -0.25) is 4.79 Å². The molecule has 1 amide bonds. The summed E-state index contributed by atoms with van der Waals surface area (Å²) in [6.07, 6.45) is 3.13. The number of nitrogens with two attached hydrogens (primary N) is 1. The number of hydrogen-bond donors (Lipinski definition) is 3. The van der Waals surface area contributed by atoms with Crippen LogP contribution in [-0.2, 0) is 4.79 Å². The molecule has 1 aromatic rings. The van der Waals surface area contributed by atoms with Gasteiger partial charge in [0.15, 0.2) is 0 Å². The minimum atomic E-state index is -1.05. The van der Waals surface area contributed by atoms with Crippen molar-refractivity contribution in [3.8, 4) is 0 Å². The summed E-state index contributed by atoms with van der Waals surface area (Å²) >= 11 is 0. The molecule has 1 rings (SSSR count). The zero-order chi connectivity index (χ0) is 12.8. The van der Waals surface area contributed by atoms with Crippen LogP contribution in [0.5, 0.6) is 0 Å². The summed E-state index contributed by atoms with van der Waals surface area (Å²) in [6, 6.07) is 2.14. The average molecular weight is 235 g/mol. The van der Waals surface area contributed by atoms with E-state index in [1.165, 1.54) is 18.3 Å².